The van der Waals surface area contributed by atoms with Crippen molar-refractivity contribution in [3.63, 3.8) is 0 Å². The lowest BCUT2D eigenvalue weighted by Gasteiger charge is -2.24. The van der Waals surface area contributed by atoms with E-state index >= 15 is 0 Å². The third-order valence-electron chi connectivity index (χ3n) is 3.34. The molecule has 1 aliphatic heterocycles. The highest BCUT2D eigenvalue weighted by molar-refractivity contribution is 5.22. The highest BCUT2D eigenvalue weighted by atomic mass is 16.5. The Morgan fingerprint density at radius 1 is 1.38 bits per heavy atom. The Balaban J connectivity index is 1.96. The number of aliphatic hydroxyl groups excluding tert-OH is 1. The van der Waals surface area contributed by atoms with E-state index in [1.54, 1.807) is 0 Å². The van der Waals surface area contributed by atoms with Crippen LogP contribution < -0.4 is 0 Å². The van der Waals surface area contributed by atoms with Gasteiger partial charge in [-0.15, -0.1) is 0 Å². The maximum atomic E-state index is 10.2. The quantitative estimate of drug-likeness (QED) is 0.858. The molecule has 0 saturated carbocycles. The minimum atomic E-state index is -0.388. The lowest BCUT2D eigenvalue weighted by atomic mass is 9.91. The molecule has 3 nitrogen and oxygen atoms in total. The number of ether oxygens (including phenoxy) is 1. The standard InChI is InChI=1S/C13H20O3/c1-9-7-12(10(2)16-9)13(14)8-11-3-5-15-6-4-11/h7,11,13-14H,3-6,8H2,1-2H3. The predicted molar refractivity (Wildman–Crippen MR) is 61.3 cm³/mol. The Morgan fingerprint density at radius 2 is 2.06 bits per heavy atom. The minimum absolute atomic E-state index is 0.388. The zero-order valence-electron chi connectivity index (χ0n) is 10.0. The molecule has 1 saturated heterocycles. The van der Waals surface area contributed by atoms with Crippen LogP contribution in [-0.4, -0.2) is 18.3 Å². The number of hydrogen-bond acceptors (Lipinski definition) is 3. The van der Waals surface area contributed by atoms with E-state index in [1.807, 2.05) is 19.9 Å². The van der Waals surface area contributed by atoms with Crippen LogP contribution in [0.3, 0.4) is 0 Å². The minimum Gasteiger partial charge on any atom is -0.466 e. The molecule has 0 spiro atoms. The number of aliphatic hydroxyl groups is 1. The second kappa shape index (κ2) is 5.02. The van der Waals surface area contributed by atoms with E-state index in [9.17, 15) is 5.11 Å². The summed E-state index contributed by atoms with van der Waals surface area (Å²) in [4.78, 5) is 0. The van der Waals surface area contributed by atoms with Gasteiger partial charge in [0.25, 0.3) is 0 Å². The van der Waals surface area contributed by atoms with Crippen molar-refractivity contribution < 1.29 is 14.3 Å². The molecule has 3 heteroatoms. The van der Waals surface area contributed by atoms with E-state index in [4.69, 9.17) is 9.15 Å². The van der Waals surface area contributed by atoms with Crippen molar-refractivity contribution in [2.75, 3.05) is 13.2 Å². The summed E-state index contributed by atoms with van der Waals surface area (Å²) < 4.78 is 10.8. The van der Waals surface area contributed by atoms with Gasteiger partial charge >= 0.3 is 0 Å². The van der Waals surface area contributed by atoms with Crippen LogP contribution in [0.25, 0.3) is 0 Å². The Morgan fingerprint density at radius 3 is 2.62 bits per heavy atom. The van der Waals surface area contributed by atoms with Gasteiger partial charge in [-0.05, 0) is 45.1 Å². The molecule has 1 N–H and O–H groups in total. The number of hydrogen-bond donors (Lipinski definition) is 1. The fourth-order valence-electron chi connectivity index (χ4n) is 2.41. The highest BCUT2D eigenvalue weighted by Crippen LogP contribution is 2.30. The third-order valence-corrected chi connectivity index (χ3v) is 3.34. The topological polar surface area (TPSA) is 42.6 Å². The number of rotatable bonds is 3. The molecule has 1 fully saturated rings. The second-order valence-electron chi connectivity index (χ2n) is 4.68. The van der Waals surface area contributed by atoms with Crippen LogP contribution in [0.15, 0.2) is 10.5 Å². The van der Waals surface area contributed by atoms with Gasteiger partial charge in [-0.1, -0.05) is 0 Å². The van der Waals surface area contributed by atoms with Crippen LogP contribution in [0.1, 0.15) is 42.5 Å². The van der Waals surface area contributed by atoms with Crippen molar-refractivity contribution >= 4 is 0 Å². The van der Waals surface area contributed by atoms with Crippen molar-refractivity contribution in [1.29, 1.82) is 0 Å². The summed E-state index contributed by atoms with van der Waals surface area (Å²) >= 11 is 0. The Kier molecular flexibility index (Phi) is 3.66. The third kappa shape index (κ3) is 2.66. The molecule has 1 atom stereocenters. The summed E-state index contributed by atoms with van der Waals surface area (Å²) in [6, 6.07) is 1.94. The van der Waals surface area contributed by atoms with E-state index in [2.05, 4.69) is 0 Å². The van der Waals surface area contributed by atoms with Gasteiger partial charge in [-0.3, -0.25) is 0 Å². The Labute approximate surface area is 96.4 Å². The maximum Gasteiger partial charge on any atom is 0.106 e. The monoisotopic (exact) mass is 224 g/mol. The summed E-state index contributed by atoms with van der Waals surface area (Å²) in [6.45, 7) is 5.49. The van der Waals surface area contributed by atoms with Gasteiger partial charge in [0.05, 0.1) is 6.10 Å². The largest absolute Gasteiger partial charge is 0.466 e. The fourth-order valence-corrected chi connectivity index (χ4v) is 2.41. The van der Waals surface area contributed by atoms with Crippen LogP contribution in [0, 0.1) is 19.8 Å². The smallest absolute Gasteiger partial charge is 0.106 e. The molecule has 0 amide bonds. The molecule has 1 aliphatic rings. The molecule has 0 aromatic carbocycles. The van der Waals surface area contributed by atoms with Crippen molar-refractivity contribution in [2.24, 2.45) is 5.92 Å². The van der Waals surface area contributed by atoms with Gasteiger partial charge in [0.2, 0.25) is 0 Å². The van der Waals surface area contributed by atoms with Crippen LogP contribution in [0.4, 0.5) is 0 Å². The molecular weight excluding hydrogens is 204 g/mol. The fraction of sp³-hybridized carbons (Fsp3) is 0.692. The maximum absolute atomic E-state index is 10.2. The van der Waals surface area contributed by atoms with Crippen molar-refractivity contribution in [3.05, 3.63) is 23.2 Å². The zero-order chi connectivity index (χ0) is 11.5. The van der Waals surface area contributed by atoms with Crippen molar-refractivity contribution in [2.45, 2.75) is 39.2 Å². The average molecular weight is 224 g/mol. The number of furan rings is 1. The van der Waals surface area contributed by atoms with Crippen LogP contribution in [-0.2, 0) is 4.74 Å². The first kappa shape index (κ1) is 11.7. The van der Waals surface area contributed by atoms with Gasteiger partial charge < -0.3 is 14.3 Å². The van der Waals surface area contributed by atoms with E-state index in [0.29, 0.717) is 5.92 Å². The molecule has 0 radical (unpaired) electrons. The lowest BCUT2D eigenvalue weighted by molar-refractivity contribution is 0.0432. The van der Waals surface area contributed by atoms with Crippen LogP contribution >= 0.6 is 0 Å². The summed E-state index contributed by atoms with van der Waals surface area (Å²) in [5, 5.41) is 10.2. The molecule has 2 heterocycles. The van der Waals surface area contributed by atoms with E-state index in [0.717, 1.165) is 49.6 Å². The first-order valence-corrected chi connectivity index (χ1v) is 5.99. The summed E-state index contributed by atoms with van der Waals surface area (Å²) in [6.07, 6.45) is 2.56. The SMILES string of the molecule is Cc1cc(C(O)CC2CCOCC2)c(C)o1. The van der Waals surface area contributed by atoms with Gasteiger partial charge in [0.15, 0.2) is 0 Å². The Bertz CT molecular complexity index is 337. The molecule has 1 aromatic heterocycles. The van der Waals surface area contributed by atoms with Crippen LogP contribution in [0.5, 0.6) is 0 Å². The zero-order valence-corrected chi connectivity index (χ0v) is 10.0. The Hall–Kier alpha value is -0.800. The average Bonchev–Trinajstić information content (AvgIpc) is 2.59. The summed E-state index contributed by atoms with van der Waals surface area (Å²) in [5.74, 6) is 2.30. The first-order valence-electron chi connectivity index (χ1n) is 5.99. The van der Waals surface area contributed by atoms with E-state index in [1.165, 1.54) is 0 Å². The molecule has 2 rings (SSSR count). The normalized spacial score (nSPS) is 19.9. The predicted octanol–water partition coefficient (Wildman–Crippen LogP) is 2.75. The van der Waals surface area contributed by atoms with Gasteiger partial charge in [-0.25, -0.2) is 0 Å². The molecule has 1 unspecified atom stereocenters. The highest BCUT2D eigenvalue weighted by Gasteiger charge is 2.21. The lowest BCUT2D eigenvalue weighted by Crippen LogP contribution is -2.18. The van der Waals surface area contributed by atoms with E-state index in [-0.39, 0.29) is 6.10 Å². The number of aryl methyl sites for hydroxylation is 2. The van der Waals surface area contributed by atoms with Gasteiger partial charge in [-0.2, -0.15) is 0 Å². The van der Waals surface area contributed by atoms with Crippen LogP contribution in [0.2, 0.25) is 0 Å². The molecule has 0 aliphatic carbocycles. The van der Waals surface area contributed by atoms with Gasteiger partial charge in [0.1, 0.15) is 11.5 Å². The molecule has 16 heavy (non-hydrogen) atoms. The van der Waals surface area contributed by atoms with Crippen molar-refractivity contribution in [1.82, 2.24) is 0 Å². The molecule has 90 valence electrons. The summed E-state index contributed by atoms with van der Waals surface area (Å²) in [5.41, 5.74) is 0.948. The van der Waals surface area contributed by atoms with Gasteiger partial charge in [0, 0.05) is 18.8 Å². The molecule has 0 bridgehead atoms. The van der Waals surface area contributed by atoms with Crippen molar-refractivity contribution in [3.8, 4) is 0 Å². The second-order valence-corrected chi connectivity index (χ2v) is 4.68. The first-order chi connectivity index (χ1) is 7.66. The molecular formula is C13H20O3. The summed E-state index contributed by atoms with van der Waals surface area (Å²) in [7, 11) is 0. The van der Waals surface area contributed by atoms with E-state index < -0.39 is 0 Å². The molecule has 1 aromatic rings.